The predicted molar refractivity (Wildman–Crippen MR) is 67.5 cm³/mol. The van der Waals surface area contributed by atoms with Crippen LogP contribution in [-0.2, 0) is 4.74 Å². The minimum Gasteiger partial charge on any atom is -0.370 e. The van der Waals surface area contributed by atoms with Crippen LogP contribution in [0.2, 0.25) is 0 Å². The van der Waals surface area contributed by atoms with Crippen LogP contribution in [0.1, 0.15) is 24.3 Å². The molecule has 86 valence electrons. The maximum absolute atomic E-state index is 5.74. The zero-order valence-corrected chi connectivity index (χ0v) is 10.5. The van der Waals surface area contributed by atoms with Crippen LogP contribution in [0.5, 0.6) is 0 Å². The average Bonchev–Trinajstić information content (AvgIpc) is 2.30. The van der Waals surface area contributed by atoms with Gasteiger partial charge in [0.1, 0.15) is 6.10 Å². The summed E-state index contributed by atoms with van der Waals surface area (Å²) in [4.78, 5) is 7.42. The van der Waals surface area contributed by atoms with Crippen LogP contribution in [0.3, 0.4) is 0 Å². The number of rotatable bonds is 1. The second-order valence-electron chi connectivity index (χ2n) is 4.06. The van der Waals surface area contributed by atoms with Gasteiger partial charge in [0.25, 0.3) is 0 Å². The molecule has 0 N–H and O–H groups in total. The Morgan fingerprint density at radius 1 is 1.56 bits per heavy atom. The molecule has 0 spiro atoms. The molecule has 0 amide bonds. The van der Waals surface area contributed by atoms with Crippen molar-refractivity contribution in [2.75, 3.05) is 19.7 Å². The number of thiocarbonyl (C=S) groups is 1. The molecule has 1 unspecified atom stereocenters. The molecule has 3 nitrogen and oxygen atoms in total. The molecule has 1 atom stereocenters. The van der Waals surface area contributed by atoms with E-state index < -0.39 is 0 Å². The molecule has 0 bridgehead atoms. The van der Waals surface area contributed by atoms with Gasteiger partial charge in [-0.1, -0.05) is 18.3 Å². The number of aryl methyl sites for hydroxylation is 1. The van der Waals surface area contributed by atoms with Crippen LogP contribution in [0.4, 0.5) is 0 Å². The summed E-state index contributed by atoms with van der Waals surface area (Å²) in [6, 6.07) is 4.09. The second kappa shape index (κ2) is 4.89. The molecule has 1 aliphatic rings. The van der Waals surface area contributed by atoms with Crippen LogP contribution < -0.4 is 0 Å². The van der Waals surface area contributed by atoms with Gasteiger partial charge in [-0.15, -0.1) is 0 Å². The van der Waals surface area contributed by atoms with Gasteiger partial charge in [0.15, 0.2) is 0 Å². The van der Waals surface area contributed by atoms with Crippen molar-refractivity contribution in [2.24, 2.45) is 0 Å². The highest BCUT2D eigenvalue weighted by molar-refractivity contribution is 7.80. The Bertz CT molecular complexity index is 377. The largest absolute Gasteiger partial charge is 0.370 e. The van der Waals surface area contributed by atoms with E-state index >= 15 is 0 Å². The van der Waals surface area contributed by atoms with Gasteiger partial charge in [0, 0.05) is 30.5 Å². The first-order valence-corrected chi connectivity index (χ1v) is 5.87. The van der Waals surface area contributed by atoms with E-state index in [0.29, 0.717) is 0 Å². The van der Waals surface area contributed by atoms with E-state index in [1.165, 1.54) is 0 Å². The van der Waals surface area contributed by atoms with Gasteiger partial charge in [-0.25, -0.2) is 0 Å². The molecule has 2 heterocycles. The van der Waals surface area contributed by atoms with Crippen molar-refractivity contribution in [2.45, 2.75) is 20.0 Å². The summed E-state index contributed by atoms with van der Waals surface area (Å²) in [6.07, 6.45) is 1.99. The predicted octanol–water partition coefficient (Wildman–Crippen LogP) is 2.11. The Morgan fingerprint density at radius 2 is 2.38 bits per heavy atom. The maximum Gasteiger partial charge on any atom is 0.102 e. The van der Waals surface area contributed by atoms with Gasteiger partial charge in [-0.3, -0.25) is 4.98 Å². The number of hydrogen-bond donors (Lipinski definition) is 0. The molecule has 16 heavy (non-hydrogen) atoms. The van der Waals surface area contributed by atoms with Crippen molar-refractivity contribution in [3.8, 4) is 0 Å². The van der Waals surface area contributed by atoms with Crippen LogP contribution in [-0.4, -0.2) is 34.6 Å². The Balaban J connectivity index is 2.09. The third-order valence-corrected chi connectivity index (χ3v) is 3.08. The van der Waals surface area contributed by atoms with Gasteiger partial charge in [-0.05, 0) is 19.9 Å². The summed E-state index contributed by atoms with van der Waals surface area (Å²) >= 11 is 5.19. The molecule has 1 aromatic rings. The average molecular weight is 236 g/mol. The summed E-state index contributed by atoms with van der Waals surface area (Å²) in [5.41, 5.74) is 2.16. The first-order valence-electron chi connectivity index (χ1n) is 5.46. The number of ether oxygens (including phenoxy) is 1. The molecule has 0 aliphatic carbocycles. The summed E-state index contributed by atoms with van der Waals surface area (Å²) in [5, 5.41) is 0. The second-order valence-corrected chi connectivity index (χ2v) is 4.65. The third-order valence-electron chi connectivity index (χ3n) is 2.82. The Kier molecular flexibility index (Phi) is 3.51. The molecule has 2 rings (SSSR count). The van der Waals surface area contributed by atoms with Crippen molar-refractivity contribution in [3.05, 3.63) is 29.6 Å². The number of nitrogens with zero attached hydrogens (tertiary/aromatic N) is 2. The van der Waals surface area contributed by atoms with Crippen molar-refractivity contribution in [1.82, 2.24) is 9.88 Å². The summed E-state index contributed by atoms with van der Waals surface area (Å²) in [5.74, 6) is 0. The van der Waals surface area contributed by atoms with Crippen LogP contribution in [0, 0.1) is 6.92 Å². The van der Waals surface area contributed by atoms with E-state index in [0.717, 1.165) is 35.9 Å². The Morgan fingerprint density at radius 3 is 3.00 bits per heavy atom. The normalized spacial score (nSPS) is 20.9. The van der Waals surface area contributed by atoms with Crippen molar-refractivity contribution < 1.29 is 4.74 Å². The lowest BCUT2D eigenvalue weighted by atomic mass is 10.1. The SMILES string of the molecule is CC(=S)N1CCOC(c2ccc(C)nc2)C1. The minimum atomic E-state index is 0.0970. The molecule has 4 heteroatoms. The minimum absolute atomic E-state index is 0.0970. The molecule has 0 saturated carbocycles. The lowest BCUT2D eigenvalue weighted by Crippen LogP contribution is -2.40. The molecule has 1 fully saturated rings. The van der Waals surface area contributed by atoms with Gasteiger partial charge in [0.05, 0.1) is 11.6 Å². The molecule has 1 saturated heterocycles. The van der Waals surface area contributed by atoms with Gasteiger partial charge in [-0.2, -0.15) is 0 Å². The first kappa shape index (κ1) is 11.5. The van der Waals surface area contributed by atoms with Crippen LogP contribution >= 0.6 is 12.2 Å². The van der Waals surface area contributed by atoms with Gasteiger partial charge >= 0.3 is 0 Å². The molecule has 0 radical (unpaired) electrons. The zero-order chi connectivity index (χ0) is 11.5. The van der Waals surface area contributed by atoms with E-state index in [4.69, 9.17) is 17.0 Å². The molecular formula is C12H16N2OS. The van der Waals surface area contributed by atoms with E-state index in [1.807, 2.05) is 26.1 Å². The fraction of sp³-hybridized carbons (Fsp3) is 0.500. The quantitative estimate of drug-likeness (QED) is 0.697. The highest BCUT2D eigenvalue weighted by atomic mass is 32.1. The van der Waals surface area contributed by atoms with Gasteiger partial charge < -0.3 is 9.64 Å². The number of pyridine rings is 1. The summed E-state index contributed by atoms with van der Waals surface area (Å²) in [6.45, 7) is 6.40. The van der Waals surface area contributed by atoms with Crippen molar-refractivity contribution >= 4 is 17.2 Å². The van der Waals surface area contributed by atoms with Crippen LogP contribution in [0.25, 0.3) is 0 Å². The zero-order valence-electron chi connectivity index (χ0n) is 9.64. The topological polar surface area (TPSA) is 25.4 Å². The van der Waals surface area contributed by atoms with E-state index in [9.17, 15) is 0 Å². The smallest absolute Gasteiger partial charge is 0.102 e. The Labute approximate surface area is 101 Å². The van der Waals surface area contributed by atoms with Crippen LogP contribution in [0.15, 0.2) is 18.3 Å². The maximum atomic E-state index is 5.74. The number of morpholine rings is 1. The lowest BCUT2D eigenvalue weighted by molar-refractivity contribution is -0.00646. The van der Waals surface area contributed by atoms with E-state index in [2.05, 4.69) is 16.0 Å². The monoisotopic (exact) mass is 236 g/mol. The lowest BCUT2D eigenvalue weighted by Gasteiger charge is -2.33. The summed E-state index contributed by atoms with van der Waals surface area (Å²) < 4.78 is 5.74. The molecular weight excluding hydrogens is 220 g/mol. The van der Waals surface area contributed by atoms with E-state index in [-0.39, 0.29) is 6.10 Å². The highest BCUT2D eigenvalue weighted by Gasteiger charge is 2.22. The number of aromatic nitrogens is 1. The number of hydrogen-bond acceptors (Lipinski definition) is 3. The van der Waals surface area contributed by atoms with Crippen molar-refractivity contribution in [1.29, 1.82) is 0 Å². The highest BCUT2D eigenvalue weighted by Crippen LogP contribution is 2.21. The molecule has 1 aliphatic heterocycles. The summed E-state index contributed by atoms with van der Waals surface area (Å²) in [7, 11) is 0. The van der Waals surface area contributed by atoms with Gasteiger partial charge in [0.2, 0.25) is 0 Å². The third kappa shape index (κ3) is 2.57. The molecule has 1 aromatic heterocycles. The standard InChI is InChI=1S/C12H16N2OS/c1-9-3-4-11(7-13-9)12-8-14(10(2)16)5-6-15-12/h3-4,7,12H,5-6,8H2,1-2H3. The van der Waals surface area contributed by atoms with Crippen molar-refractivity contribution in [3.63, 3.8) is 0 Å². The fourth-order valence-electron chi connectivity index (χ4n) is 1.81. The van der Waals surface area contributed by atoms with E-state index in [1.54, 1.807) is 0 Å². The first-order chi connectivity index (χ1) is 7.66. The Hall–Kier alpha value is -1.00. The fourth-order valence-corrected chi connectivity index (χ4v) is 1.97. The molecule has 0 aromatic carbocycles.